The molecule has 5 nitrogen and oxygen atoms in total. The standard InChI is InChI=1S/C23H31N3O2/c1-18(27)26(15-12-19-7-3-2-4-8-19)16-13-23(28)24-14-11-20-17-25-22-10-6-5-9-21(20)22/h5-7,9-10,17,25H,2-4,8,11-16H2,1H3,(H,24,28). The molecule has 5 heteroatoms. The van der Waals surface area contributed by atoms with Gasteiger partial charge < -0.3 is 15.2 Å². The van der Waals surface area contributed by atoms with Crippen molar-refractivity contribution in [3.05, 3.63) is 47.7 Å². The van der Waals surface area contributed by atoms with E-state index < -0.39 is 0 Å². The van der Waals surface area contributed by atoms with Crippen LogP contribution in [0.4, 0.5) is 0 Å². The number of hydrogen-bond acceptors (Lipinski definition) is 2. The van der Waals surface area contributed by atoms with E-state index in [1.165, 1.54) is 29.4 Å². The maximum absolute atomic E-state index is 12.2. The van der Waals surface area contributed by atoms with E-state index in [1.54, 1.807) is 11.8 Å². The van der Waals surface area contributed by atoms with Crippen LogP contribution in [-0.4, -0.2) is 41.3 Å². The zero-order chi connectivity index (χ0) is 19.8. The molecule has 0 atom stereocenters. The van der Waals surface area contributed by atoms with Crippen molar-refractivity contribution in [2.24, 2.45) is 0 Å². The van der Waals surface area contributed by atoms with E-state index in [1.807, 2.05) is 18.3 Å². The van der Waals surface area contributed by atoms with Crippen molar-refractivity contribution in [3.63, 3.8) is 0 Å². The second-order valence-corrected chi connectivity index (χ2v) is 7.57. The smallest absolute Gasteiger partial charge is 0.221 e. The fourth-order valence-electron chi connectivity index (χ4n) is 3.84. The lowest BCUT2D eigenvalue weighted by Crippen LogP contribution is -2.35. The highest BCUT2D eigenvalue weighted by atomic mass is 16.2. The number of H-pyrrole nitrogens is 1. The zero-order valence-corrected chi connectivity index (χ0v) is 16.8. The Morgan fingerprint density at radius 2 is 2.00 bits per heavy atom. The molecule has 28 heavy (non-hydrogen) atoms. The van der Waals surface area contributed by atoms with Gasteiger partial charge in [0.1, 0.15) is 0 Å². The number of fused-ring (bicyclic) bond motifs is 1. The van der Waals surface area contributed by atoms with Crippen molar-refractivity contribution in [3.8, 4) is 0 Å². The highest BCUT2D eigenvalue weighted by Crippen LogP contribution is 2.20. The number of hydrogen-bond donors (Lipinski definition) is 2. The van der Waals surface area contributed by atoms with E-state index in [9.17, 15) is 9.59 Å². The van der Waals surface area contributed by atoms with Crippen molar-refractivity contribution in [2.75, 3.05) is 19.6 Å². The molecule has 0 radical (unpaired) electrons. The number of aromatic nitrogens is 1. The van der Waals surface area contributed by atoms with E-state index in [2.05, 4.69) is 28.5 Å². The van der Waals surface area contributed by atoms with Crippen molar-refractivity contribution in [2.45, 2.75) is 51.9 Å². The Morgan fingerprint density at radius 3 is 2.79 bits per heavy atom. The molecule has 3 rings (SSSR count). The maximum Gasteiger partial charge on any atom is 0.221 e. The SMILES string of the molecule is CC(=O)N(CCC(=O)NCCc1c[nH]c2ccccc12)CCC1=CCCCC1. The summed E-state index contributed by atoms with van der Waals surface area (Å²) in [6, 6.07) is 8.18. The molecular weight excluding hydrogens is 350 g/mol. The van der Waals surface area contributed by atoms with Gasteiger partial charge in [0.05, 0.1) is 0 Å². The molecule has 0 fully saturated rings. The Hall–Kier alpha value is -2.56. The van der Waals surface area contributed by atoms with Crippen LogP contribution in [0, 0.1) is 0 Å². The Kier molecular flexibility index (Phi) is 7.29. The van der Waals surface area contributed by atoms with Crippen LogP contribution >= 0.6 is 0 Å². The molecule has 0 saturated heterocycles. The van der Waals surface area contributed by atoms with Crippen molar-refractivity contribution >= 4 is 22.7 Å². The molecule has 2 aromatic rings. The Bertz CT molecular complexity index is 837. The van der Waals surface area contributed by atoms with Crippen LogP contribution in [0.3, 0.4) is 0 Å². The number of nitrogens with zero attached hydrogens (tertiary/aromatic N) is 1. The molecule has 0 aliphatic heterocycles. The normalized spacial score (nSPS) is 14.0. The average molecular weight is 382 g/mol. The quantitative estimate of drug-likeness (QED) is 0.646. The maximum atomic E-state index is 12.2. The number of nitrogens with one attached hydrogen (secondary N) is 2. The monoisotopic (exact) mass is 381 g/mol. The van der Waals surface area contributed by atoms with E-state index >= 15 is 0 Å². The van der Waals surface area contributed by atoms with Crippen molar-refractivity contribution in [1.29, 1.82) is 0 Å². The summed E-state index contributed by atoms with van der Waals surface area (Å²) < 4.78 is 0. The van der Waals surface area contributed by atoms with Gasteiger partial charge in [0.15, 0.2) is 0 Å². The minimum Gasteiger partial charge on any atom is -0.361 e. The van der Waals surface area contributed by atoms with E-state index in [4.69, 9.17) is 0 Å². The van der Waals surface area contributed by atoms with Gasteiger partial charge in [-0.25, -0.2) is 0 Å². The Labute approximate surface area is 167 Å². The zero-order valence-electron chi connectivity index (χ0n) is 16.8. The topological polar surface area (TPSA) is 65.2 Å². The minimum absolute atomic E-state index is 0.00275. The van der Waals surface area contributed by atoms with Gasteiger partial charge in [0.25, 0.3) is 0 Å². The van der Waals surface area contributed by atoms with Gasteiger partial charge in [-0.15, -0.1) is 0 Å². The number of aromatic amines is 1. The number of carbonyl (C=O) groups excluding carboxylic acids is 2. The lowest BCUT2D eigenvalue weighted by molar-refractivity contribution is -0.129. The highest BCUT2D eigenvalue weighted by molar-refractivity contribution is 5.83. The van der Waals surface area contributed by atoms with E-state index in [0.29, 0.717) is 26.1 Å². The van der Waals surface area contributed by atoms with Crippen molar-refractivity contribution in [1.82, 2.24) is 15.2 Å². The summed E-state index contributed by atoms with van der Waals surface area (Å²) >= 11 is 0. The summed E-state index contributed by atoms with van der Waals surface area (Å²) in [6.07, 6.45) is 11.2. The fraction of sp³-hybridized carbons (Fsp3) is 0.478. The third-order valence-electron chi connectivity index (χ3n) is 5.53. The van der Waals surface area contributed by atoms with Crippen LogP contribution in [0.25, 0.3) is 10.9 Å². The summed E-state index contributed by atoms with van der Waals surface area (Å²) in [5.74, 6) is 0.0472. The van der Waals surface area contributed by atoms with Gasteiger partial charge >= 0.3 is 0 Å². The first-order chi connectivity index (χ1) is 13.6. The summed E-state index contributed by atoms with van der Waals surface area (Å²) in [5, 5.41) is 4.19. The first kappa shape index (κ1) is 20.2. The molecule has 0 spiro atoms. The molecular formula is C23H31N3O2. The predicted octanol–water partition coefficient (Wildman–Crippen LogP) is 3.96. The summed E-state index contributed by atoms with van der Waals surface area (Å²) in [5.41, 5.74) is 3.79. The van der Waals surface area contributed by atoms with Gasteiger partial charge in [-0.2, -0.15) is 0 Å². The van der Waals surface area contributed by atoms with Gasteiger partial charge in [0.2, 0.25) is 11.8 Å². The van der Waals surface area contributed by atoms with Crippen LogP contribution in [0.5, 0.6) is 0 Å². The Balaban J connectivity index is 1.39. The first-order valence-electron chi connectivity index (χ1n) is 10.4. The fourth-order valence-corrected chi connectivity index (χ4v) is 3.84. The van der Waals surface area contributed by atoms with Crippen LogP contribution in [-0.2, 0) is 16.0 Å². The predicted molar refractivity (Wildman–Crippen MR) is 113 cm³/mol. The van der Waals surface area contributed by atoms with Gasteiger partial charge in [-0.1, -0.05) is 29.8 Å². The number of carbonyl (C=O) groups is 2. The molecule has 2 N–H and O–H groups in total. The summed E-state index contributed by atoms with van der Waals surface area (Å²) in [4.78, 5) is 29.2. The van der Waals surface area contributed by atoms with Gasteiger partial charge in [-0.3, -0.25) is 9.59 Å². The number of allylic oxidation sites excluding steroid dienone is 1. The van der Waals surface area contributed by atoms with Crippen LogP contribution in [0.15, 0.2) is 42.1 Å². The third-order valence-corrected chi connectivity index (χ3v) is 5.53. The van der Waals surface area contributed by atoms with E-state index in [0.717, 1.165) is 31.2 Å². The van der Waals surface area contributed by atoms with Crippen molar-refractivity contribution < 1.29 is 9.59 Å². The highest BCUT2D eigenvalue weighted by Gasteiger charge is 2.13. The molecule has 1 aromatic heterocycles. The molecule has 0 saturated carbocycles. The number of benzene rings is 1. The molecule has 1 heterocycles. The van der Waals surface area contributed by atoms with Gasteiger partial charge in [0, 0.05) is 50.1 Å². The molecule has 1 aromatic carbocycles. The Morgan fingerprint density at radius 1 is 1.14 bits per heavy atom. The number of rotatable bonds is 9. The number of amides is 2. The third kappa shape index (κ3) is 5.72. The van der Waals surface area contributed by atoms with Crippen LogP contribution < -0.4 is 5.32 Å². The average Bonchev–Trinajstić information content (AvgIpc) is 3.12. The largest absolute Gasteiger partial charge is 0.361 e. The molecule has 1 aliphatic rings. The summed E-state index contributed by atoms with van der Waals surface area (Å²) in [7, 11) is 0. The lowest BCUT2D eigenvalue weighted by Gasteiger charge is -2.22. The lowest BCUT2D eigenvalue weighted by atomic mass is 9.97. The second-order valence-electron chi connectivity index (χ2n) is 7.57. The van der Waals surface area contributed by atoms with E-state index in [-0.39, 0.29) is 11.8 Å². The van der Waals surface area contributed by atoms with Gasteiger partial charge in [-0.05, 0) is 50.2 Å². The first-order valence-corrected chi connectivity index (χ1v) is 10.4. The molecule has 0 bridgehead atoms. The van der Waals surface area contributed by atoms with Crippen LogP contribution in [0.1, 0.15) is 51.0 Å². The molecule has 0 unspecified atom stereocenters. The molecule has 2 amide bonds. The second kappa shape index (κ2) is 10.1. The molecule has 150 valence electrons. The minimum atomic E-state index is 0.00275. The van der Waals surface area contributed by atoms with Crippen LogP contribution in [0.2, 0.25) is 0 Å². The number of para-hydroxylation sites is 1. The molecule has 1 aliphatic carbocycles. The summed E-state index contributed by atoms with van der Waals surface area (Å²) in [6.45, 7) is 3.39.